The standard InChI is InChI=1S/C23H23N3O4S2/c1-28-18-11-15(13-27)4-5-17(18)30-22-21-16(19-3-2-10-31-19)14-32-23(21)25-20(24-22)12-26-6-8-29-9-7-26/h2-5,10-11,14,27H,6-9,12-13H2,1H3. The summed E-state index contributed by atoms with van der Waals surface area (Å²) in [6, 6.07) is 9.52. The molecule has 5 rings (SSSR count). The lowest BCUT2D eigenvalue weighted by atomic mass is 10.2. The predicted molar refractivity (Wildman–Crippen MR) is 126 cm³/mol. The molecule has 1 fully saturated rings. The molecule has 1 N–H and O–H groups in total. The molecule has 0 unspecified atom stereocenters. The first-order valence-electron chi connectivity index (χ1n) is 10.3. The molecule has 4 heterocycles. The van der Waals surface area contributed by atoms with E-state index in [4.69, 9.17) is 24.2 Å². The van der Waals surface area contributed by atoms with Crippen LogP contribution in [-0.4, -0.2) is 53.4 Å². The Morgan fingerprint density at radius 3 is 2.75 bits per heavy atom. The van der Waals surface area contributed by atoms with Crippen LogP contribution in [0.5, 0.6) is 17.4 Å². The molecule has 1 saturated heterocycles. The number of hydrogen-bond acceptors (Lipinski definition) is 9. The molecule has 1 aliphatic rings. The molecule has 7 nitrogen and oxygen atoms in total. The Hall–Kier alpha value is -2.56. The van der Waals surface area contributed by atoms with Crippen molar-refractivity contribution in [2.75, 3.05) is 33.4 Å². The number of rotatable bonds is 7. The highest BCUT2D eigenvalue weighted by Crippen LogP contribution is 2.42. The molecule has 0 aliphatic carbocycles. The number of nitrogens with zero attached hydrogens (tertiary/aromatic N) is 3. The average molecular weight is 470 g/mol. The van der Waals surface area contributed by atoms with Crippen molar-refractivity contribution in [2.45, 2.75) is 13.2 Å². The second-order valence-electron chi connectivity index (χ2n) is 7.39. The highest BCUT2D eigenvalue weighted by Gasteiger charge is 2.21. The molecule has 0 atom stereocenters. The molecule has 0 saturated carbocycles. The van der Waals surface area contributed by atoms with Crippen molar-refractivity contribution in [1.82, 2.24) is 14.9 Å². The smallest absolute Gasteiger partial charge is 0.232 e. The van der Waals surface area contributed by atoms with Crippen LogP contribution in [-0.2, 0) is 17.9 Å². The summed E-state index contributed by atoms with van der Waals surface area (Å²) in [5.41, 5.74) is 1.82. The zero-order chi connectivity index (χ0) is 21.9. The van der Waals surface area contributed by atoms with E-state index in [-0.39, 0.29) is 6.61 Å². The first-order valence-corrected chi connectivity index (χ1v) is 12.1. The maximum Gasteiger partial charge on any atom is 0.232 e. The van der Waals surface area contributed by atoms with E-state index in [9.17, 15) is 5.11 Å². The van der Waals surface area contributed by atoms with Crippen LogP contribution in [0.4, 0.5) is 0 Å². The summed E-state index contributed by atoms with van der Waals surface area (Å²) in [5.74, 6) is 2.33. The van der Waals surface area contributed by atoms with Gasteiger partial charge in [-0.15, -0.1) is 22.7 Å². The molecular formula is C23H23N3O4S2. The van der Waals surface area contributed by atoms with Gasteiger partial charge in [-0.2, -0.15) is 4.98 Å². The fraction of sp³-hybridized carbons (Fsp3) is 0.304. The fourth-order valence-electron chi connectivity index (χ4n) is 3.67. The van der Waals surface area contributed by atoms with Gasteiger partial charge in [0.05, 0.1) is 38.9 Å². The maximum absolute atomic E-state index is 9.46. The Labute approximate surface area is 193 Å². The van der Waals surface area contributed by atoms with Gasteiger partial charge in [-0.3, -0.25) is 4.90 Å². The maximum atomic E-state index is 9.46. The Balaban J connectivity index is 1.58. The number of benzene rings is 1. The predicted octanol–water partition coefficient (Wildman–Crippen LogP) is 4.55. The topological polar surface area (TPSA) is 76.9 Å². The van der Waals surface area contributed by atoms with Crippen molar-refractivity contribution < 1.29 is 19.3 Å². The number of hydrogen-bond donors (Lipinski definition) is 1. The average Bonchev–Trinajstić information content (AvgIpc) is 3.50. The number of morpholine rings is 1. The minimum absolute atomic E-state index is 0.0643. The number of methoxy groups -OCH3 is 1. The van der Waals surface area contributed by atoms with Crippen molar-refractivity contribution in [1.29, 1.82) is 0 Å². The Bertz CT molecular complexity index is 1200. The van der Waals surface area contributed by atoms with Crippen LogP contribution in [0.15, 0.2) is 41.1 Å². The molecule has 3 aromatic heterocycles. The van der Waals surface area contributed by atoms with Crippen LogP contribution in [0.25, 0.3) is 20.7 Å². The quantitative estimate of drug-likeness (QED) is 0.426. The SMILES string of the molecule is COc1cc(CO)ccc1Oc1nc(CN2CCOCC2)nc2scc(-c3cccs3)c12. The van der Waals surface area contributed by atoms with Gasteiger partial charge >= 0.3 is 0 Å². The molecule has 0 spiro atoms. The van der Waals surface area contributed by atoms with Crippen LogP contribution in [0.1, 0.15) is 11.4 Å². The van der Waals surface area contributed by atoms with Crippen LogP contribution >= 0.6 is 22.7 Å². The molecule has 1 aliphatic heterocycles. The van der Waals surface area contributed by atoms with Gasteiger partial charge in [0, 0.05) is 28.9 Å². The molecule has 4 aromatic rings. The summed E-state index contributed by atoms with van der Waals surface area (Å²) in [6.07, 6.45) is 0. The number of ether oxygens (including phenoxy) is 3. The van der Waals surface area contributed by atoms with E-state index in [0.717, 1.165) is 58.3 Å². The molecular weight excluding hydrogens is 446 g/mol. The number of aliphatic hydroxyl groups is 1. The van der Waals surface area contributed by atoms with Crippen molar-refractivity contribution >= 4 is 32.9 Å². The lowest BCUT2D eigenvalue weighted by Gasteiger charge is -2.25. The van der Waals surface area contributed by atoms with Crippen LogP contribution in [0, 0.1) is 0 Å². The van der Waals surface area contributed by atoms with Gasteiger partial charge in [-0.25, -0.2) is 4.98 Å². The molecule has 0 bridgehead atoms. The largest absolute Gasteiger partial charge is 0.493 e. The molecule has 9 heteroatoms. The minimum Gasteiger partial charge on any atom is -0.493 e. The van der Waals surface area contributed by atoms with Gasteiger partial charge in [0.25, 0.3) is 0 Å². The first kappa shape index (κ1) is 21.3. The molecule has 0 amide bonds. The van der Waals surface area contributed by atoms with Crippen LogP contribution < -0.4 is 9.47 Å². The molecule has 32 heavy (non-hydrogen) atoms. The van der Waals surface area contributed by atoms with Gasteiger partial charge in [-0.1, -0.05) is 12.1 Å². The zero-order valence-electron chi connectivity index (χ0n) is 17.6. The van der Waals surface area contributed by atoms with E-state index in [2.05, 4.69) is 21.7 Å². The number of aromatic nitrogens is 2. The summed E-state index contributed by atoms with van der Waals surface area (Å²) < 4.78 is 17.3. The van der Waals surface area contributed by atoms with Crippen molar-refractivity contribution in [3.05, 3.63) is 52.5 Å². The zero-order valence-corrected chi connectivity index (χ0v) is 19.2. The Morgan fingerprint density at radius 2 is 2.00 bits per heavy atom. The van der Waals surface area contributed by atoms with E-state index in [1.54, 1.807) is 41.9 Å². The number of fused-ring (bicyclic) bond motifs is 1. The molecule has 166 valence electrons. The number of thiophene rings is 2. The summed E-state index contributed by atoms with van der Waals surface area (Å²) in [6.45, 7) is 3.74. The van der Waals surface area contributed by atoms with E-state index >= 15 is 0 Å². The van der Waals surface area contributed by atoms with Gasteiger partial charge < -0.3 is 19.3 Å². The minimum atomic E-state index is -0.0643. The van der Waals surface area contributed by atoms with Crippen molar-refractivity contribution in [3.63, 3.8) is 0 Å². The summed E-state index contributed by atoms with van der Waals surface area (Å²) in [5, 5.41) is 14.5. The highest BCUT2D eigenvalue weighted by atomic mass is 32.1. The summed E-state index contributed by atoms with van der Waals surface area (Å²) >= 11 is 3.27. The second-order valence-corrected chi connectivity index (χ2v) is 9.19. The highest BCUT2D eigenvalue weighted by molar-refractivity contribution is 7.18. The number of aliphatic hydroxyl groups excluding tert-OH is 1. The van der Waals surface area contributed by atoms with Crippen molar-refractivity contribution in [2.24, 2.45) is 0 Å². The van der Waals surface area contributed by atoms with E-state index in [1.807, 2.05) is 12.1 Å². The monoisotopic (exact) mass is 469 g/mol. The van der Waals surface area contributed by atoms with Gasteiger partial charge in [-0.05, 0) is 29.1 Å². The third-order valence-electron chi connectivity index (χ3n) is 5.32. The lowest BCUT2D eigenvalue weighted by Crippen LogP contribution is -2.36. The van der Waals surface area contributed by atoms with Crippen LogP contribution in [0.2, 0.25) is 0 Å². The third-order valence-corrected chi connectivity index (χ3v) is 7.09. The third kappa shape index (κ3) is 4.35. The van der Waals surface area contributed by atoms with E-state index in [0.29, 0.717) is 23.9 Å². The van der Waals surface area contributed by atoms with E-state index in [1.165, 1.54) is 0 Å². The van der Waals surface area contributed by atoms with Gasteiger partial charge in [0.2, 0.25) is 5.88 Å². The lowest BCUT2D eigenvalue weighted by molar-refractivity contribution is 0.0330. The van der Waals surface area contributed by atoms with Crippen LogP contribution in [0.3, 0.4) is 0 Å². The van der Waals surface area contributed by atoms with Gasteiger partial charge in [0.15, 0.2) is 11.5 Å². The first-order chi connectivity index (χ1) is 15.7. The summed E-state index contributed by atoms with van der Waals surface area (Å²) in [7, 11) is 1.59. The Kier molecular flexibility index (Phi) is 6.33. The summed E-state index contributed by atoms with van der Waals surface area (Å²) in [4.78, 5) is 14.0. The normalized spacial score (nSPS) is 14.7. The van der Waals surface area contributed by atoms with Crippen molar-refractivity contribution in [3.8, 4) is 27.8 Å². The second kappa shape index (κ2) is 9.51. The van der Waals surface area contributed by atoms with Gasteiger partial charge in [0.1, 0.15) is 10.7 Å². The fourth-order valence-corrected chi connectivity index (χ4v) is 5.44. The van der Waals surface area contributed by atoms with E-state index < -0.39 is 0 Å². The Morgan fingerprint density at radius 1 is 1.12 bits per heavy atom. The molecule has 0 radical (unpaired) electrons. The molecule has 1 aromatic carbocycles.